The Morgan fingerprint density at radius 2 is 1.88 bits per heavy atom. The van der Waals surface area contributed by atoms with E-state index in [9.17, 15) is 4.79 Å². The van der Waals surface area contributed by atoms with Gasteiger partial charge in [-0.15, -0.1) is 0 Å². The van der Waals surface area contributed by atoms with Gasteiger partial charge in [0.1, 0.15) is 0 Å². The van der Waals surface area contributed by atoms with E-state index in [2.05, 4.69) is 28.9 Å². The van der Waals surface area contributed by atoms with E-state index >= 15 is 0 Å². The highest BCUT2D eigenvalue weighted by Crippen LogP contribution is 2.20. The first-order valence-electron chi connectivity index (χ1n) is 8.51. The monoisotopic (exact) mass is 328 g/mol. The summed E-state index contributed by atoms with van der Waals surface area (Å²) in [6.45, 7) is 9.04. The fraction of sp³-hybridized carbons (Fsp3) is 0.500. The highest BCUT2D eigenvalue weighted by atomic mass is 16.5. The zero-order chi connectivity index (χ0) is 17.1. The Morgan fingerprint density at radius 1 is 1.21 bits per heavy atom. The number of amides is 1. The SMILES string of the molecule is CCc1ccc(C(=O)N2CCN(C(C)c3nc(C)no3)CC2)cc1. The molecule has 0 N–H and O–H groups in total. The number of piperazine rings is 1. The van der Waals surface area contributed by atoms with Gasteiger partial charge in [0.25, 0.3) is 5.91 Å². The number of carbonyl (C=O) groups excluding carboxylic acids is 1. The lowest BCUT2D eigenvalue weighted by Gasteiger charge is -2.36. The van der Waals surface area contributed by atoms with Crippen molar-refractivity contribution in [2.75, 3.05) is 26.2 Å². The van der Waals surface area contributed by atoms with E-state index in [1.807, 2.05) is 36.1 Å². The topological polar surface area (TPSA) is 62.5 Å². The molecule has 3 rings (SSSR count). The van der Waals surface area contributed by atoms with Crippen molar-refractivity contribution in [1.29, 1.82) is 0 Å². The maximum atomic E-state index is 12.6. The lowest BCUT2D eigenvalue weighted by atomic mass is 10.1. The summed E-state index contributed by atoms with van der Waals surface area (Å²) in [4.78, 5) is 21.1. The molecule has 1 saturated heterocycles. The largest absolute Gasteiger partial charge is 0.338 e. The summed E-state index contributed by atoms with van der Waals surface area (Å²) in [5.41, 5.74) is 2.02. The zero-order valence-electron chi connectivity index (χ0n) is 14.5. The summed E-state index contributed by atoms with van der Waals surface area (Å²) in [5.74, 6) is 1.40. The number of benzene rings is 1. The van der Waals surface area contributed by atoms with Crippen molar-refractivity contribution >= 4 is 5.91 Å². The van der Waals surface area contributed by atoms with Crippen molar-refractivity contribution in [2.45, 2.75) is 33.2 Å². The van der Waals surface area contributed by atoms with Crippen LogP contribution in [0.2, 0.25) is 0 Å². The van der Waals surface area contributed by atoms with Crippen LogP contribution in [0.15, 0.2) is 28.8 Å². The van der Waals surface area contributed by atoms with Gasteiger partial charge in [0.2, 0.25) is 5.89 Å². The van der Waals surface area contributed by atoms with Crippen LogP contribution < -0.4 is 0 Å². The summed E-state index contributed by atoms with van der Waals surface area (Å²) in [5, 5.41) is 3.85. The first-order chi connectivity index (χ1) is 11.6. The first-order valence-corrected chi connectivity index (χ1v) is 8.51. The molecule has 6 heteroatoms. The molecule has 2 aromatic rings. The molecule has 1 aliphatic heterocycles. The number of hydrogen-bond acceptors (Lipinski definition) is 5. The molecule has 1 aromatic carbocycles. The minimum atomic E-state index is 0.0762. The molecule has 0 bridgehead atoms. The van der Waals surface area contributed by atoms with Gasteiger partial charge in [-0.2, -0.15) is 4.98 Å². The molecule has 1 aliphatic rings. The predicted molar refractivity (Wildman–Crippen MR) is 90.7 cm³/mol. The highest BCUT2D eigenvalue weighted by Gasteiger charge is 2.27. The second-order valence-corrected chi connectivity index (χ2v) is 6.23. The number of hydrogen-bond donors (Lipinski definition) is 0. The third-order valence-electron chi connectivity index (χ3n) is 4.66. The van der Waals surface area contributed by atoms with Crippen molar-refractivity contribution in [3.63, 3.8) is 0 Å². The van der Waals surface area contributed by atoms with E-state index in [4.69, 9.17) is 4.52 Å². The van der Waals surface area contributed by atoms with Gasteiger partial charge in [0.05, 0.1) is 6.04 Å². The average Bonchev–Trinajstić information content (AvgIpc) is 3.07. The Bertz CT molecular complexity index is 687. The van der Waals surface area contributed by atoms with E-state index in [0.29, 0.717) is 24.8 Å². The normalized spacial score (nSPS) is 17.0. The molecule has 1 atom stereocenters. The van der Waals surface area contributed by atoms with Crippen LogP contribution in [0.3, 0.4) is 0 Å². The van der Waals surface area contributed by atoms with Crippen molar-refractivity contribution in [3.8, 4) is 0 Å². The molecule has 24 heavy (non-hydrogen) atoms. The van der Waals surface area contributed by atoms with Crippen molar-refractivity contribution < 1.29 is 9.32 Å². The Labute approximate surface area is 142 Å². The Kier molecular flexibility index (Phi) is 4.94. The molecule has 1 aromatic heterocycles. The predicted octanol–water partition coefficient (Wildman–Crippen LogP) is 2.46. The Balaban J connectivity index is 1.58. The Hall–Kier alpha value is -2.21. The van der Waals surface area contributed by atoms with E-state index in [1.165, 1.54) is 5.56 Å². The second kappa shape index (κ2) is 7.13. The molecule has 6 nitrogen and oxygen atoms in total. The lowest BCUT2D eigenvalue weighted by molar-refractivity contribution is 0.0551. The summed E-state index contributed by atoms with van der Waals surface area (Å²) in [7, 11) is 0. The van der Waals surface area contributed by atoms with Gasteiger partial charge in [-0.05, 0) is 38.0 Å². The molecule has 0 aliphatic carbocycles. The number of aromatic nitrogens is 2. The Morgan fingerprint density at radius 3 is 2.42 bits per heavy atom. The first kappa shape index (κ1) is 16.6. The maximum Gasteiger partial charge on any atom is 0.253 e. The molecular weight excluding hydrogens is 304 g/mol. The van der Waals surface area contributed by atoms with E-state index in [1.54, 1.807) is 0 Å². The van der Waals surface area contributed by atoms with Crippen LogP contribution in [0.4, 0.5) is 0 Å². The molecule has 1 fully saturated rings. The van der Waals surface area contributed by atoms with Crippen LogP contribution in [0, 0.1) is 6.92 Å². The van der Waals surface area contributed by atoms with Gasteiger partial charge >= 0.3 is 0 Å². The second-order valence-electron chi connectivity index (χ2n) is 6.23. The van der Waals surface area contributed by atoms with Crippen molar-refractivity contribution in [3.05, 3.63) is 47.1 Å². The smallest absolute Gasteiger partial charge is 0.253 e. The van der Waals surface area contributed by atoms with Crippen LogP contribution >= 0.6 is 0 Å². The fourth-order valence-corrected chi connectivity index (χ4v) is 3.02. The molecule has 128 valence electrons. The quantitative estimate of drug-likeness (QED) is 0.863. The third-order valence-corrected chi connectivity index (χ3v) is 4.66. The van der Waals surface area contributed by atoms with E-state index in [-0.39, 0.29) is 11.9 Å². The van der Waals surface area contributed by atoms with Crippen molar-refractivity contribution in [1.82, 2.24) is 19.9 Å². The molecule has 2 heterocycles. The summed E-state index contributed by atoms with van der Waals surface area (Å²) >= 11 is 0. The molecule has 0 spiro atoms. The maximum absolute atomic E-state index is 12.6. The number of aryl methyl sites for hydroxylation is 2. The summed E-state index contributed by atoms with van der Waals surface area (Å²) in [6, 6.07) is 7.99. The molecule has 0 radical (unpaired) electrons. The van der Waals surface area contributed by atoms with E-state index in [0.717, 1.165) is 25.1 Å². The lowest BCUT2D eigenvalue weighted by Crippen LogP contribution is -2.49. The number of nitrogens with zero attached hydrogens (tertiary/aromatic N) is 4. The van der Waals surface area contributed by atoms with Gasteiger partial charge in [0.15, 0.2) is 5.82 Å². The highest BCUT2D eigenvalue weighted by molar-refractivity contribution is 5.94. The van der Waals surface area contributed by atoms with Gasteiger partial charge in [0, 0.05) is 31.7 Å². The molecule has 1 unspecified atom stereocenters. The zero-order valence-corrected chi connectivity index (χ0v) is 14.5. The van der Waals surface area contributed by atoms with Crippen LogP contribution in [-0.2, 0) is 6.42 Å². The number of carbonyl (C=O) groups is 1. The van der Waals surface area contributed by atoms with Gasteiger partial charge < -0.3 is 9.42 Å². The average molecular weight is 328 g/mol. The third kappa shape index (κ3) is 3.48. The minimum Gasteiger partial charge on any atom is -0.338 e. The molecular formula is C18H24N4O2. The summed E-state index contributed by atoms with van der Waals surface area (Å²) < 4.78 is 5.26. The van der Waals surface area contributed by atoms with Gasteiger partial charge in [-0.3, -0.25) is 9.69 Å². The number of rotatable bonds is 4. The van der Waals surface area contributed by atoms with Crippen molar-refractivity contribution in [2.24, 2.45) is 0 Å². The van der Waals surface area contributed by atoms with Gasteiger partial charge in [-0.25, -0.2) is 0 Å². The van der Waals surface area contributed by atoms with Crippen LogP contribution in [-0.4, -0.2) is 52.0 Å². The van der Waals surface area contributed by atoms with Crippen LogP contribution in [0.5, 0.6) is 0 Å². The fourth-order valence-electron chi connectivity index (χ4n) is 3.02. The summed E-state index contributed by atoms with van der Waals surface area (Å²) in [6.07, 6.45) is 0.986. The molecule has 1 amide bonds. The minimum absolute atomic E-state index is 0.0762. The molecule has 0 saturated carbocycles. The van der Waals surface area contributed by atoms with Gasteiger partial charge in [-0.1, -0.05) is 24.2 Å². The standard InChI is InChI=1S/C18H24N4O2/c1-4-15-5-7-16(8-6-15)18(23)22-11-9-21(10-12-22)13(2)17-19-14(3)20-24-17/h5-8,13H,4,9-12H2,1-3H3. The van der Waals surface area contributed by atoms with Crippen LogP contribution in [0.1, 0.15) is 47.5 Å². The van der Waals surface area contributed by atoms with E-state index < -0.39 is 0 Å². The van der Waals surface area contributed by atoms with Crippen LogP contribution in [0.25, 0.3) is 0 Å².